The maximum absolute atomic E-state index is 12.3. The van der Waals surface area contributed by atoms with Gasteiger partial charge in [0, 0.05) is 43.1 Å². The number of rotatable bonds is 1. The monoisotopic (exact) mass is 324 g/mol. The smallest absolute Gasteiger partial charge is 0.253 e. The van der Waals surface area contributed by atoms with Crippen LogP contribution in [0.1, 0.15) is 22.8 Å². The number of carbonyl (C=O) groups excluding carboxylic acids is 2. The Balaban J connectivity index is 2.05. The molecule has 19 heavy (non-hydrogen) atoms. The second kappa shape index (κ2) is 5.74. The van der Waals surface area contributed by atoms with Crippen LogP contribution in [-0.2, 0) is 4.79 Å². The Morgan fingerprint density at radius 2 is 1.68 bits per heavy atom. The lowest BCUT2D eigenvalue weighted by Crippen LogP contribution is -2.50. The molecule has 1 aromatic rings. The lowest BCUT2D eigenvalue weighted by Gasteiger charge is -2.34. The third-order valence-electron chi connectivity index (χ3n) is 3.42. The van der Waals surface area contributed by atoms with Crippen molar-refractivity contribution in [3.05, 3.63) is 33.8 Å². The molecule has 1 heterocycles. The van der Waals surface area contributed by atoms with Gasteiger partial charge in [-0.25, -0.2) is 0 Å². The number of piperazine rings is 1. The van der Waals surface area contributed by atoms with Crippen LogP contribution in [0, 0.1) is 6.92 Å². The van der Waals surface area contributed by atoms with Crippen LogP contribution in [0.4, 0.5) is 0 Å². The minimum atomic E-state index is 0.0406. The molecule has 0 aromatic heterocycles. The van der Waals surface area contributed by atoms with Gasteiger partial charge in [0.1, 0.15) is 0 Å². The predicted molar refractivity (Wildman–Crippen MR) is 77.0 cm³/mol. The van der Waals surface area contributed by atoms with E-state index in [-0.39, 0.29) is 11.8 Å². The molecule has 1 fully saturated rings. The third kappa shape index (κ3) is 3.15. The quantitative estimate of drug-likeness (QED) is 0.793. The maximum Gasteiger partial charge on any atom is 0.253 e. The summed E-state index contributed by atoms with van der Waals surface area (Å²) < 4.78 is 1.01. The molecule has 1 aliphatic heterocycles. The number of benzene rings is 1. The Hall–Kier alpha value is -1.36. The lowest BCUT2D eigenvalue weighted by atomic mass is 10.1. The van der Waals surface area contributed by atoms with E-state index in [0.717, 1.165) is 10.0 Å². The van der Waals surface area contributed by atoms with Gasteiger partial charge >= 0.3 is 0 Å². The van der Waals surface area contributed by atoms with Gasteiger partial charge in [-0.1, -0.05) is 15.9 Å². The van der Waals surface area contributed by atoms with Crippen LogP contribution >= 0.6 is 15.9 Å². The van der Waals surface area contributed by atoms with E-state index in [1.165, 1.54) is 0 Å². The fourth-order valence-electron chi connectivity index (χ4n) is 2.18. The molecule has 0 radical (unpaired) electrons. The van der Waals surface area contributed by atoms with E-state index < -0.39 is 0 Å². The molecule has 5 heteroatoms. The average Bonchev–Trinajstić information content (AvgIpc) is 2.41. The Bertz CT molecular complexity index is 508. The van der Waals surface area contributed by atoms with Crippen molar-refractivity contribution >= 4 is 27.7 Å². The molecule has 1 saturated heterocycles. The summed E-state index contributed by atoms with van der Waals surface area (Å²) in [5.41, 5.74) is 1.75. The molecule has 0 N–H and O–H groups in total. The van der Waals surface area contributed by atoms with Gasteiger partial charge in [-0.3, -0.25) is 9.59 Å². The van der Waals surface area contributed by atoms with E-state index in [2.05, 4.69) is 15.9 Å². The van der Waals surface area contributed by atoms with E-state index in [0.29, 0.717) is 31.7 Å². The number of hydrogen-bond acceptors (Lipinski definition) is 2. The highest BCUT2D eigenvalue weighted by Crippen LogP contribution is 2.18. The first-order valence-corrected chi connectivity index (χ1v) is 7.09. The van der Waals surface area contributed by atoms with Gasteiger partial charge in [0.25, 0.3) is 5.91 Å². The van der Waals surface area contributed by atoms with Crippen LogP contribution in [0.5, 0.6) is 0 Å². The van der Waals surface area contributed by atoms with Crippen molar-refractivity contribution in [2.24, 2.45) is 0 Å². The highest BCUT2D eigenvalue weighted by molar-refractivity contribution is 9.10. The first kappa shape index (κ1) is 14.1. The van der Waals surface area contributed by atoms with E-state index in [1.807, 2.05) is 30.0 Å². The van der Waals surface area contributed by atoms with Gasteiger partial charge in [0.15, 0.2) is 0 Å². The van der Waals surface area contributed by atoms with Crippen LogP contribution in [0.25, 0.3) is 0 Å². The third-order valence-corrected chi connectivity index (χ3v) is 4.31. The lowest BCUT2D eigenvalue weighted by molar-refractivity contribution is -0.130. The number of aryl methyl sites for hydroxylation is 1. The van der Waals surface area contributed by atoms with Gasteiger partial charge in [0.05, 0.1) is 0 Å². The zero-order valence-corrected chi connectivity index (χ0v) is 12.7. The van der Waals surface area contributed by atoms with Crippen molar-refractivity contribution in [3.63, 3.8) is 0 Å². The van der Waals surface area contributed by atoms with Crippen molar-refractivity contribution in [2.75, 3.05) is 26.2 Å². The Kier molecular flexibility index (Phi) is 4.24. The first-order valence-electron chi connectivity index (χ1n) is 6.30. The second-order valence-electron chi connectivity index (χ2n) is 4.76. The number of carbonyl (C=O) groups is 2. The molecule has 0 spiro atoms. The molecule has 102 valence electrons. The highest BCUT2D eigenvalue weighted by Gasteiger charge is 2.23. The van der Waals surface area contributed by atoms with Crippen molar-refractivity contribution in [1.82, 2.24) is 9.80 Å². The summed E-state index contributed by atoms with van der Waals surface area (Å²) in [7, 11) is 0. The number of halogens is 1. The van der Waals surface area contributed by atoms with E-state index >= 15 is 0 Å². The fourth-order valence-corrected chi connectivity index (χ4v) is 2.43. The topological polar surface area (TPSA) is 40.6 Å². The molecule has 2 rings (SSSR count). The van der Waals surface area contributed by atoms with Gasteiger partial charge in [-0.2, -0.15) is 0 Å². The molecule has 1 aromatic carbocycles. The van der Waals surface area contributed by atoms with Gasteiger partial charge in [0.2, 0.25) is 5.91 Å². The molecule has 0 atom stereocenters. The molecule has 0 unspecified atom stereocenters. The Labute approximate surface area is 121 Å². The van der Waals surface area contributed by atoms with E-state index in [4.69, 9.17) is 0 Å². The van der Waals surface area contributed by atoms with Crippen LogP contribution in [0.2, 0.25) is 0 Å². The average molecular weight is 325 g/mol. The molecule has 1 aliphatic rings. The summed E-state index contributed by atoms with van der Waals surface area (Å²) in [4.78, 5) is 27.2. The molecule has 0 saturated carbocycles. The van der Waals surface area contributed by atoms with Gasteiger partial charge < -0.3 is 9.80 Å². The largest absolute Gasteiger partial charge is 0.339 e. The van der Waals surface area contributed by atoms with Gasteiger partial charge in [-0.15, -0.1) is 0 Å². The zero-order valence-electron chi connectivity index (χ0n) is 11.1. The van der Waals surface area contributed by atoms with E-state index in [1.54, 1.807) is 11.8 Å². The summed E-state index contributed by atoms with van der Waals surface area (Å²) in [5, 5.41) is 0. The number of nitrogens with zero attached hydrogens (tertiary/aromatic N) is 2. The second-order valence-corrected chi connectivity index (χ2v) is 5.62. The number of amides is 2. The maximum atomic E-state index is 12.3. The van der Waals surface area contributed by atoms with Gasteiger partial charge in [-0.05, 0) is 30.7 Å². The number of hydrogen-bond donors (Lipinski definition) is 0. The van der Waals surface area contributed by atoms with Crippen molar-refractivity contribution < 1.29 is 9.59 Å². The Morgan fingerprint density at radius 3 is 2.21 bits per heavy atom. The van der Waals surface area contributed by atoms with Crippen LogP contribution in [-0.4, -0.2) is 47.8 Å². The Morgan fingerprint density at radius 1 is 1.11 bits per heavy atom. The first-order chi connectivity index (χ1) is 8.99. The SMILES string of the molecule is CC(=O)N1CCN(C(=O)c2ccc(Br)c(C)c2)CC1. The zero-order chi connectivity index (χ0) is 14.0. The summed E-state index contributed by atoms with van der Waals surface area (Å²) in [5.74, 6) is 0.116. The van der Waals surface area contributed by atoms with Crippen LogP contribution in [0.3, 0.4) is 0 Å². The minimum absolute atomic E-state index is 0.0406. The standard InChI is InChI=1S/C14H17BrN2O2/c1-10-9-12(3-4-13(10)15)14(19)17-7-5-16(6-8-17)11(2)18/h3-4,9H,5-8H2,1-2H3. The minimum Gasteiger partial charge on any atom is -0.339 e. The molecule has 2 amide bonds. The highest BCUT2D eigenvalue weighted by atomic mass is 79.9. The molecular formula is C14H17BrN2O2. The summed E-state index contributed by atoms with van der Waals surface area (Å²) in [6.07, 6.45) is 0. The summed E-state index contributed by atoms with van der Waals surface area (Å²) >= 11 is 3.43. The van der Waals surface area contributed by atoms with E-state index in [9.17, 15) is 9.59 Å². The molecular weight excluding hydrogens is 308 g/mol. The van der Waals surface area contributed by atoms with Crippen molar-refractivity contribution in [3.8, 4) is 0 Å². The molecule has 0 aliphatic carbocycles. The summed E-state index contributed by atoms with van der Waals surface area (Å²) in [6.45, 7) is 5.98. The van der Waals surface area contributed by atoms with Crippen molar-refractivity contribution in [1.29, 1.82) is 0 Å². The fraction of sp³-hybridized carbons (Fsp3) is 0.429. The molecule has 0 bridgehead atoms. The van der Waals surface area contributed by atoms with Crippen LogP contribution < -0.4 is 0 Å². The summed E-state index contributed by atoms with van der Waals surface area (Å²) in [6, 6.07) is 5.62. The predicted octanol–water partition coefficient (Wildman–Crippen LogP) is 2.06. The van der Waals surface area contributed by atoms with Crippen molar-refractivity contribution in [2.45, 2.75) is 13.8 Å². The molecule has 4 nitrogen and oxygen atoms in total. The normalized spacial score (nSPS) is 15.5. The van der Waals surface area contributed by atoms with Crippen LogP contribution in [0.15, 0.2) is 22.7 Å².